The van der Waals surface area contributed by atoms with Gasteiger partial charge in [-0.3, -0.25) is 0 Å². The molecule has 0 aliphatic carbocycles. The Hall–Kier alpha value is -1.28. The van der Waals surface area contributed by atoms with Gasteiger partial charge in [0.2, 0.25) is 0 Å². The molecule has 0 aliphatic rings. The molecule has 100 valence electrons. The molecular formula is C13H13FIN3O. The number of aromatic nitrogens is 2. The molecule has 0 aliphatic heterocycles. The van der Waals surface area contributed by atoms with Crippen LogP contribution in [0.5, 0.6) is 0 Å². The van der Waals surface area contributed by atoms with Crippen molar-refractivity contribution in [1.82, 2.24) is 9.97 Å². The Bertz CT molecular complexity index is 619. The fourth-order valence-electron chi connectivity index (χ4n) is 1.70. The third-order valence-electron chi connectivity index (χ3n) is 2.67. The lowest BCUT2D eigenvalue weighted by Crippen LogP contribution is -2.06. The minimum absolute atomic E-state index is 0.324. The van der Waals surface area contributed by atoms with Crippen LogP contribution in [0.1, 0.15) is 11.3 Å². The molecule has 19 heavy (non-hydrogen) atoms. The van der Waals surface area contributed by atoms with Gasteiger partial charge in [0, 0.05) is 12.7 Å². The molecule has 2 rings (SSSR count). The molecule has 0 saturated carbocycles. The minimum Gasteiger partial charge on any atom is -0.383 e. The largest absolute Gasteiger partial charge is 0.383 e. The SMILES string of the molecule is COCc1nc(-c2cc(F)ccc2C)nc(N)c1I. The molecular weight excluding hydrogens is 360 g/mol. The van der Waals surface area contributed by atoms with Gasteiger partial charge in [0.15, 0.2) is 5.82 Å². The van der Waals surface area contributed by atoms with Crippen LogP contribution in [-0.4, -0.2) is 17.1 Å². The van der Waals surface area contributed by atoms with E-state index in [2.05, 4.69) is 32.6 Å². The molecule has 6 heteroatoms. The quantitative estimate of drug-likeness (QED) is 0.841. The molecule has 0 atom stereocenters. The van der Waals surface area contributed by atoms with E-state index in [1.54, 1.807) is 13.2 Å². The molecule has 0 bridgehead atoms. The van der Waals surface area contributed by atoms with Gasteiger partial charge < -0.3 is 10.5 Å². The van der Waals surface area contributed by atoms with Gasteiger partial charge in [0.25, 0.3) is 0 Å². The number of hydrogen-bond acceptors (Lipinski definition) is 4. The Morgan fingerprint density at radius 1 is 1.37 bits per heavy atom. The summed E-state index contributed by atoms with van der Waals surface area (Å²) >= 11 is 2.08. The maximum atomic E-state index is 13.3. The van der Waals surface area contributed by atoms with E-state index < -0.39 is 0 Å². The summed E-state index contributed by atoms with van der Waals surface area (Å²) in [6, 6.07) is 4.51. The average molecular weight is 373 g/mol. The van der Waals surface area contributed by atoms with Gasteiger partial charge in [-0.05, 0) is 47.2 Å². The Balaban J connectivity index is 2.59. The second kappa shape index (κ2) is 5.79. The summed E-state index contributed by atoms with van der Waals surface area (Å²) in [4.78, 5) is 8.63. The normalized spacial score (nSPS) is 10.7. The fourth-order valence-corrected chi connectivity index (χ4v) is 2.10. The first-order valence-electron chi connectivity index (χ1n) is 5.60. The van der Waals surface area contributed by atoms with Gasteiger partial charge in [-0.1, -0.05) is 6.07 Å². The number of ether oxygens (including phenoxy) is 1. The van der Waals surface area contributed by atoms with Crippen molar-refractivity contribution in [3.05, 3.63) is 38.8 Å². The first kappa shape index (κ1) is 14.1. The number of nitrogens with zero attached hydrogens (tertiary/aromatic N) is 2. The third kappa shape index (κ3) is 3.01. The van der Waals surface area contributed by atoms with Crippen molar-refractivity contribution in [2.45, 2.75) is 13.5 Å². The van der Waals surface area contributed by atoms with Crippen molar-refractivity contribution in [2.24, 2.45) is 0 Å². The zero-order valence-corrected chi connectivity index (χ0v) is 12.7. The van der Waals surface area contributed by atoms with Crippen LogP contribution in [0.3, 0.4) is 0 Å². The summed E-state index contributed by atoms with van der Waals surface area (Å²) in [5.41, 5.74) is 8.11. The van der Waals surface area contributed by atoms with E-state index >= 15 is 0 Å². The van der Waals surface area contributed by atoms with E-state index in [1.807, 2.05) is 6.92 Å². The van der Waals surface area contributed by atoms with E-state index in [0.29, 0.717) is 29.5 Å². The van der Waals surface area contributed by atoms with Crippen LogP contribution in [0.4, 0.5) is 10.2 Å². The van der Waals surface area contributed by atoms with Gasteiger partial charge in [0.05, 0.1) is 15.9 Å². The van der Waals surface area contributed by atoms with Crippen molar-refractivity contribution < 1.29 is 9.13 Å². The number of benzene rings is 1. The first-order valence-corrected chi connectivity index (χ1v) is 6.68. The fraction of sp³-hybridized carbons (Fsp3) is 0.231. The lowest BCUT2D eigenvalue weighted by atomic mass is 10.1. The second-order valence-electron chi connectivity index (χ2n) is 4.09. The number of anilines is 1. The van der Waals surface area contributed by atoms with E-state index in [-0.39, 0.29) is 5.82 Å². The molecule has 0 radical (unpaired) electrons. The summed E-state index contributed by atoms with van der Waals surface area (Å²) in [5, 5.41) is 0. The van der Waals surface area contributed by atoms with Crippen molar-refractivity contribution in [1.29, 1.82) is 0 Å². The Morgan fingerprint density at radius 3 is 2.79 bits per heavy atom. The standard InChI is InChI=1S/C13H13FIN3O/c1-7-3-4-8(14)5-9(7)13-17-10(6-19-2)11(15)12(16)18-13/h3-5H,6H2,1-2H3,(H2,16,17,18). The van der Waals surface area contributed by atoms with Crippen LogP contribution in [0.15, 0.2) is 18.2 Å². The molecule has 0 amide bonds. The number of hydrogen-bond donors (Lipinski definition) is 1. The van der Waals surface area contributed by atoms with E-state index in [1.165, 1.54) is 12.1 Å². The second-order valence-corrected chi connectivity index (χ2v) is 5.16. The Labute approximate surface area is 124 Å². The maximum absolute atomic E-state index is 13.3. The van der Waals surface area contributed by atoms with Gasteiger partial charge in [-0.2, -0.15) is 0 Å². The molecule has 2 N–H and O–H groups in total. The summed E-state index contributed by atoms with van der Waals surface area (Å²) in [6.07, 6.45) is 0. The number of halogens is 2. The highest BCUT2D eigenvalue weighted by molar-refractivity contribution is 14.1. The van der Waals surface area contributed by atoms with E-state index in [4.69, 9.17) is 10.5 Å². The van der Waals surface area contributed by atoms with E-state index in [0.717, 1.165) is 9.13 Å². The van der Waals surface area contributed by atoms with Crippen molar-refractivity contribution in [3.63, 3.8) is 0 Å². The molecule has 2 aromatic rings. The topological polar surface area (TPSA) is 61.0 Å². The monoisotopic (exact) mass is 373 g/mol. The van der Waals surface area contributed by atoms with Crippen LogP contribution in [-0.2, 0) is 11.3 Å². The number of nitrogens with two attached hydrogens (primary N) is 1. The highest BCUT2D eigenvalue weighted by Gasteiger charge is 2.13. The van der Waals surface area contributed by atoms with Gasteiger partial charge in [-0.25, -0.2) is 14.4 Å². The highest BCUT2D eigenvalue weighted by Crippen LogP contribution is 2.25. The molecule has 4 nitrogen and oxygen atoms in total. The number of aryl methyl sites for hydroxylation is 1. The lowest BCUT2D eigenvalue weighted by molar-refractivity contribution is 0.181. The smallest absolute Gasteiger partial charge is 0.162 e. The molecule has 0 spiro atoms. The predicted molar refractivity (Wildman–Crippen MR) is 80.0 cm³/mol. The molecule has 1 aromatic heterocycles. The zero-order valence-electron chi connectivity index (χ0n) is 10.6. The highest BCUT2D eigenvalue weighted by atomic mass is 127. The van der Waals surface area contributed by atoms with Crippen molar-refractivity contribution >= 4 is 28.4 Å². The predicted octanol–water partition coefficient (Wildman–Crippen LogP) is 2.92. The number of methoxy groups -OCH3 is 1. The molecule has 0 fully saturated rings. The summed E-state index contributed by atoms with van der Waals surface area (Å²) < 4.78 is 19.2. The maximum Gasteiger partial charge on any atom is 0.162 e. The van der Waals surface area contributed by atoms with E-state index in [9.17, 15) is 4.39 Å². The van der Waals surface area contributed by atoms with Crippen LogP contribution in [0.2, 0.25) is 0 Å². The lowest BCUT2D eigenvalue weighted by Gasteiger charge is -2.10. The van der Waals surface area contributed by atoms with Gasteiger partial charge in [0.1, 0.15) is 11.6 Å². The summed E-state index contributed by atoms with van der Waals surface area (Å²) in [7, 11) is 1.58. The van der Waals surface area contributed by atoms with Gasteiger partial charge in [-0.15, -0.1) is 0 Å². The molecule has 0 saturated heterocycles. The molecule has 1 aromatic carbocycles. The summed E-state index contributed by atoms with van der Waals surface area (Å²) in [6.45, 7) is 2.22. The molecule has 0 unspecified atom stereocenters. The van der Waals surface area contributed by atoms with Crippen LogP contribution >= 0.6 is 22.6 Å². The third-order valence-corrected chi connectivity index (χ3v) is 3.84. The summed E-state index contributed by atoms with van der Waals surface area (Å²) in [5.74, 6) is 0.470. The van der Waals surface area contributed by atoms with Crippen LogP contribution in [0.25, 0.3) is 11.4 Å². The van der Waals surface area contributed by atoms with Gasteiger partial charge >= 0.3 is 0 Å². The number of nitrogen functional groups attached to an aromatic ring is 1. The first-order chi connectivity index (χ1) is 9.02. The van der Waals surface area contributed by atoms with Crippen LogP contribution < -0.4 is 5.73 Å². The zero-order chi connectivity index (χ0) is 14.0. The van der Waals surface area contributed by atoms with Crippen molar-refractivity contribution in [2.75, 3.05) is 12.8 Å². The number of rotatable bonds is 3. The Morgan fingerprint density at radius 2 is 2.11 bits per heavy atom. The van der Waals surface area contributed by atoms with Crippen molar-refractivity contribution in [3.8, 4) is 11.4 Å². The molecule has 1 heterocycles. The minimum atomic E-state index is -0.324. The average Bonchev–Trinajstić information content (AvgIpc) is 2.38. The van der Waals surface area contributed by atoms with Crippen LogP contribution in [0, 0.1) is 16.3 Å². The Kier molecular flexibility index (Phi) is 4.31.